The molecule has 2 aliphatic rings. The molecule has 8 nitrogen and oxygen atoms in total. The molecule has 2 aromatic rings. The van der Waals surface area contributed by atoms with Gasteiger partial charge in [-0.05, 0) is 17.7 Å². The standard InChI is InChI=1S/C20H23N5O3/c1-4-7-21-20(27)25-11-16-18(12-25)28-17-8-13(14-9-22-23(2)10-14)5-6-15(17)19(26)24(16)3/h4-6,8-10,16,18H,1,7,11-12H2,2-3H3,(H,21,27). The van der Waals surface area contributed by atoms with Crippen molar-refractivity contribution < 1.29 is 14.3 Å². The van der Waals surface area contributed by atoms with Crippen LogP contribution in [0.15, 0.2) is 43.2 Å². The summed E-state index contributed by atoms with van der Waals surface area (Å²) in [6.45, 7) is 4.86. The van der Waals surface area contributed by atoms with Crippen molar-refractivity contribution in [2.45, 2.75) is 12.1 Å². The molecule has 0 aliphatic carbocycles. The number of likely N-dealkylation sites (N-methyl/N-ethyl adjacent to an activating group) is 1. The van der Waals surface area contributed by atoms with Crippen LogP contribution in [0.1, 0.15) is 10.4 Å². The lowest BCUT2D eigenvalue weighted by Gasteiger charge is -2.25. The molecule has 146 valence electrons. The Bertz CT molecular complexity index is 938. The van der Waals surface area contributed by atoms with Crippen LogP contribution in [-0.2, 0) is 7.05 Å². The number of carbonyl (C=O) groups is 2. The smallest absolute Gasteiger partial charge is 0.317 e. The summed E-state index contributed by atoms with van der Waals surface area (Å²) < 4.78 is 7.97. The van der Waals surface area contributed by atoms with Crippen LogP contribution in [0, 0.1) is 0 Å². The largest absolute Gasteiger partial charge is 0.485 e. The second-order valence-corrected chi connectivity index (χ2v) is 7.13. The summed E-state index contributed by atoms with van der Waals surface area (Å²) in [5.74, 6) is 0.438. The van der Waals surface area contributed by atoms with Crippen molar-refractivity contribution in [3.05, 3.63) is 48.8 Å². The molecule has 1 fully saturated rings. The number of aromatic nitrogens is 2. The molecule has 0 saturated carbocycles. The van der Waals surface area contributed by atoms with E-state index in [-0.39, 0.29) is 24.1 Å². The van der Waals surface area contributed by atoms with Crippen molar-refractivity contribution in [3.63, 3.8) is 0 Å². The van der Waals surface area contributed by atoms with E-state index in [9.17, 15) is 9.59 Å². The van der Waals surface area contributed by atoms with Crippen LogP contribution in [-0.4, -0.2) is 70.3 Å². The molecule has 0 spiro atoms. The zero-order chi connectivity index (χ0) is 19.8. The molecule has 0 radical (unpaired) electrons. The maximum Gasteiger partial charge on any atom is 0.317 e. The monoisotopic (exact) mass is 381 g/mol. The number of hydrogen-bond donors (Lipinski definition) is 1. The van der Waals surface area contributed by atoms with Gasteiger partial charge in [-0.3, -0.25) is 9.48 Å². The Morgan fingerprint density at radius 1 is 1.36 bits per heavy atom. The van der Waals surface area contributed by atoms with Crippen LogP contribution >= 0.6 is 0 Å². The number of carbonyl (C=O) groups excluding carboxylic acids is 2. The Balaban J connectivity index is 1.62. The molecule has 0 bridgehead atoms. The third kappa shape index (κ3) is 3.11. The summed E-state index contributed by atoms with van der Waals surface area (Å²) in [7, 11) is 3.62. The molecule has 2 unspecified atom stereocenters. The average molecular weight is 381 g/mol. The minimum atomic E-state index is -0.283. The molecular weight excluding hydrogens is 358 g/mol. The zero-order valence-electron chi connectivity index (χ0n) is 16.0. The Hall–Kier alpha value is -3.29. The van der Waals surface area contributed by atoms with Crippen molar-refractivity contribution in [3.8, 4) is 16.9 Å². The van der Waals surface area contributed by atoms with E-state index < -0.39 is 0 Å². The van der Waals surface area contributed by atoms with Crippen LogP contribution in [0.2, 0.25) is 0 Å². The molecule has 2 atom stereocenters. The molecule has 2 aliphatic heterocycles. The lowest BCUT2D eigenvalue weighted by Crippen LogP contribution is -2.44. The van der Waals surface area contributed by atoms with Crippen LogP contribution < -0.4 is 10.1 Å². The topological polar surface area (TPSA) is 79.7 Å². The first-order valence-corrected chi connectivity index (χ1v) is 9.18. The molecule has 1 saturated heterocycles. The van der Waals surface area contributed by atoms with E-state index in [0.717, 1.165) is 11.1 Å². The van der Waals surface area contributed by atoms with E-state index in [4.69, 9.17) is 4.74 Å². The van der Waals surface area contributed by atoms with Crippen LogP contribution in [0.3, 0.4) is 0 Å². The molecule has 3 heterocycles. The first-order valence-electron chi connectivity index (χ1n) is 9.18. The lowest BCUT2D eigenvalue weighted by atomic mass is 10.1. The molecule has 8 heteroatoms. The van der Waals surface area contributed by atoms with Crippen molar-refractivity contribution in [2.24, 2.45) is 7.05 Å². The minimum Gasteiger partial charge on any atom is -0.485 e. The third-order valence-electron chi connectivity index (χ3n) is 5.27. The number of rotatable bonds is 3. The predicted molar refractivity (Wildman–Crippen MR) is 104 cm³/mol. The van der Waals surface area contributed by atoms with Crippen molar-refractivity contribution in [1.82, 2.24) is 24.9 Å². The number of likely N-dealkylation sites (tertiary alicyclic amines) is 1. The summed E-state index contributed by atoms with van der Waals surface area (Å²) in [6.07, 6.45) is 5.04. The highest BCUT2D eigenvalue weighted by Crippen LogP contribution is 2.34. The van der Waals surface area contributed by atoms with Gasteiger partial charge in [0.25, 0.3) is 5.91 Å². The molecule has 4 rings (SSSR count). The first-order chi connectivity index (χ1) is 13.5. The fourth-order valence-electron chi connectivity index (χ4n) is 3.73. The number of nitrogens with zero attached hydrogens (tertiary/aromatic N) is 4. The Kier molecular flexibility index (Phi) is 4.54. The number of nitrogens with one attached hydrogen (secondary N) is 1. The summed E-state index contributed by atoms with van der Waals surface area (Å²) in [5.41, 5.74) is 2.42. The van der Waals surface area contributed by atoms with Gasteiger partial charge in [0.1, 0.15) is 11.9 Å². The van der Waals surface area contributed by atoms with Gasteiger partial charge in [-0.1, -0.05) is 12.1 Å². The fourth-order valence-corrected chi connectivity index (χ4v) is 3.73. The summed E-state index contributed by atoms with van der Waals surface area (Å²) in [4.78, 5) is 28.6. The van der Waals surface area contributed by atoms with Gasteiger partial charge in [-0.25, -0.2) is 4.79 Å². The molecule has 1 aromatic carbocycles. The van der Waals surface area contributed by atoms with E-state index in [1.807, 2.05) is 25.4 Å². The summed E-state index contributed by atoms with van der Waals surface area (Å²) in [6, 6.07) is 5.20. The number of aryl methyl sites for hydroxylation is 1. The highest BCUT2D eigenvalue weighted by molar-refractivity contribution is 5.98. The minimum absolute atomic E-state index is 0.103. The quantitative estimate of drug-likeness (QED) is 0.817. The molecule has 3 amide bonds. The van der Waals surface area contributed by atoms with Gasteiger partial charge in [0.15, 0.2) is 0 Å². The molecule has 1 N–H and O–H groups in total. The number of ether oxygens (including phenoxy) is 1. The number of amides is 3. The second-order valence-electron chi connectivity index (χ2n) is 7.13. The van der Waals surface area contributed by atoms with Crippen LogP contribution in [0.5, 0.6) is 5.75 Å². The Labute approximate surface area is 163 Å². The summed E-state index contributed by atoms with van der Waals surface area (Å²) in [5, 5.41) is 6.98. The summed E-state index contributed by atoms with van der Waals surface area (Å²) >= 11 is 0. The van der Waals surface area contributed by atoms with Crippen molar-refractivity contribution >= 4 is 11.9 Å². The van der Waals surface area contributed by atoms with Gasteiger partial charge in [-0.15, -0.1) is 6.58 Å². The van der Waals surface area contributed by atoms with Gasteiger partial charge >= 0.3 is 6.03 Å². The Morgan fingerprint density at radius 2 is 2.18 bits per heavy atom. The number of benzene rings is 1. The predicted octanol–water partition coefficient (Wildman–Crippen LogP) is 1.50. The molecular formula is C20H23N5O3. The SMILES string of the molecule is C=CCNC(=O)N1CC2Oc3cc(-c4cnn(C)c4)ccc3C(=O)N(C)C2C1. The highest BCUT2D eigenvalue weighted by Gasteiger charge is 2.43. The van der Waals surface area contributed by atoms with Gasteiger partial charge in [0.2, 0.25) is 0 Å². The van der Waals surface area contributed by atoms with Gasteiger partial charge in [0.05, 0.1) is 24.3 Å². The Morgan fingerprint density at radius 3 is 2.89 bits per heavy atom. The maximum absolute atomic E-state index is 13.0. The number of fused-ring (bicyclic) bond motifs is 2. The second kappa shape index (κ2) is 7.03. The third-order valence-corrected chi connectivity index (χ3v) is 5.27. The fraction of sp³-hybridized carbons (Fsp3) is 0.350. The average Bonchev–Trinajstić information content (AvgIpc) is 3.29. The lowest BCUT2D eigenvalue weighted by molar-refractivity contribution is 0.0682. The van der Waals surface area contributed by atoms with E-state index in [2.05, 4.69) is 17.0 Å². The van der Waals surface area contributed by atoms with E-state index in [1.165, 1.54) is 0 Å². The van der Waals surface area contributed by atoms with Crippen molar-refractivity contribution in [1.29, 1.82) is 0 Å². The van der Waals surface area contributed by atoms with E-state index >= 15 is 0 Å². The van der Waals surface area contributed by atoms with Gasteiger partial charge in [0, 0.05) is 38.9 Å². The van der Waals surface area contributed by atoms with E-state index in [0.29, 0.717) is 30.9 Å². The van der Waals surface area contributed by atoms with Crippen LogP contribution in [0.4, 0.5) is 4.79 Å². The van der Waals surface area contributed by atoms with Gasteiger partial charge in [-0.2, -0.15) is 5.10 Å². The van der Waals surface area contributed by atoms with Gasteiger partial charge < -0.3 is 19.9 Å². The maximum atomic E-state index is 13.0. The zero-order valence-corrected chi connectivity index (χ0v) is 16.0. The molecule has 1 aromatic heterocycles. The van der Waals surface area contributed by atoms with E-state index in [1.54, 1.807) is 39.9 Å². The molecule has 28 heavy (non-hydrogen) atoms. The van der Waals surface area contributed by atoms with Crippen LogP contribution in [0.25, 0.3) is 11.1 Å². The number of urea groups is 1. The normalized spacial score (nSPS) is 20.9. The van der Waals surface area contributed by atoms with Crippen molar-refractivity contribution in [2.75, 3.05) is 26.7 Å². The first kappa shape index (κ1) is 18.1. The number of hydrogen-bond acceptors (Lipinski definition) is 4. The highest BCUT2D eigenvalue weighted by atomic mass is 16.5.